The maximum atomic E-state index is 13.1. The van der Waals surface area contributed by atoms with E-state index in [2.05, 4.69) is 31.0 Å². The average Bonchev–Trinajstić information content (AvgIpc) is 2.31. The van der Waals surface area contributed by atoms with Gasteiger partial charge in [-0.25, -0.2) is 4.39 Å². The van der Waals surface area contributed by atoms with E-state index in [0.717, 1.165) is 25.2 Å². The fraction of sp³-hybridized carbons (Fsp3) is 0.600. The van der Waals surface area contributed by atoms with Gasteiger partial charge < -0.3 is 10.2 Å². The summed E-state index contributed by atoms with van der Waals surface area (Å²) in [5.74, 6) is 0.381. The number of nitrogens with zero attached hydrogens (tertiary/aromatic N) is 1. The standard InChI is InChI=1S/C15H22ClFN2/c1-10(2)6-13-9-19(11(3)8-18-13)15-5-4-12(17)7-14(15)16/h4-5,7,10-11,13,18H,6,8-9H2,1-3H3. The van der Waals surface area contributed by atoms with Crippen molar-refractivity contribution in [2.24, 2.45) is 5.92 Å². The Bertz CT molecular complexity index is 436. The van der Waals surface area contributed by atoms with Crippen LogP contribution in [-0.2, 0) is 0 Å². The highest BCUT2D eigenvalue weighted by Gasteiger charge is 2.26. The van der Waals surface area contributed by atoms with Gasteiger partial charge in [-0.05, 0) is 37.5 Å². The van der Waals surface area contributed by atoms with Crippen LogP contribution in [0.15, 0.2) is 18.2 Å². The molecule has 19 heavy (non-hydrogen) atoms. The Hall–Kier alpha value is -0.800. The van der Waals surface area contributed by atoms with Crippen molar-refractivity contribution in [3.63, 3.8) is 0 Å². The van der Waals surface area contributed by atoms with Crippen molar-refractivity contribution in [2.75, 3.05) is 18.0 Å². The molecule has 0 aliphatic carbocycles. The molecule has 1 aliphatic heterocycles. The minimum Gasteiger partial charge on any atom is -0.365 e. The minimum absolute atomic E-state index is 0.282. The zero-order valence-corrected chi connectivity index (χ0v) is 12.5. The molecule has 1 N–H and O–H groups in total. The van der Waals surface area contributed by atoms with Crippen molar-refractivity contribution < 1.29 is 4.39 Å². The van der Waals surface area contributed by atoms with Crippen LogP contribution in [0.1, 0.15) is 27.2 Å². The van der Waals surface area contributed by atoms with Gasteiger partial charge in [-0.3, -0.25) is 0 Å². The van der Waals surface area contributed by atoms with E-state index in [1.165, 1.54) is 12.1 Å². The molecule has 1 fully saturated rings. The van der Waals surface area contributed by atoms with Crippen LogP contribution in [0.2, 0.25) is 5.02 Å². The van der Waals surface area contributed by atoms with Crippen molar-refractivity contribution in [3.8, 4) is 0 Å². The normalized spacial score (nSPS) is 24.0. The van der Waals surface area contributed by atoms with Gasteiger partial charge in [-0.2, -0.15) is 0 Å². The third-order valence-electron chi connectivity index (χ3n) is 3.63. The van der Waals surface area contributed by atoms with E-state index in [1.807, 2.05) is 0 Å². The fourth-order valence-corrected chi connectivity index (χ4v) is 2.98. The lowest BCUT2D eigenvalue weighted by Crippen LogP contribution is -2.56. The van der Waals surface area contributed by atoms with Crippen LogP contribution >= 0.6 is 11.6 Å². The summed E-state index contributed by atoms with van der Waals surface area (Å²) in [7, 11) is 0. The third kappa shape index (κ3) is 3.61. The molecular weight excluding hydrogens is 263 g/mol. The molecular formula is C15H22ClFN2. The SMILES string of the molecule is CC(C)CC1CN(c2ccc(F)cc2Cl)C(C)CN1. The van der Waals surface area contributed by atoms with Gasteiger partial charge in [-0.1, -0.05) is 25.4 Å². The quantitative estimate of drug-likeness (QED) is 0.911. The highest BCUT2D eigenvalue weighted by Crippen LogP contribution is 2.29. The van der Waals surface area contributed by atoms with E-state index in [4.69, 9.17) is 11.6 Å². The van der Waals surface area contributed by atoms with Gasteiger partial charge in [0.1, 0.15) is 5.82 Å². The highest BCUT2D eigenvalue weighted by atomic mass is 35.5. The molecule has 2 atom stereocenters. The summed E-state index contributed by atoms with van der Waals surface area (Å²) in [5, 5.41) is 4.07. The topological polar surface area (TPSA) is 15.3 Å². The van der Waals surface area contributed by atoms with Crippen molar-refractivity contribution in [2.45, 2.75) is 39.3 Å². The molecule has 0 spiro atoms. The molecule has 0 aromatic heterocycles. The summed E-state index contributed by atoms with van der Waals surface area (Å²) in [6, 6.07) is 5.49. The molecule has 0 bridgehead atoms. The van der Waals surface area contributed by atoms with E-state index >= 15 is 0 Å². The molecule has 2 rings (SSSR count). The molecule has 1 aliphatic rings. The Morgan fingerprint density at radius 2 is 2.21 bits per heavy atom. The van der Waals surface area contributed by atoms with Crippen molar-refractivity contribution in [3.05, 3.63) is 29.0 Å². The maximum absolute atomic E-state index is 13.1. The first-order valence-electron chi connectivity index (χ1n) is 6.92. The van der Waals surface area contributed by atoms with Gasteiger partial charge in [0, 0.05) is 25.2 Å². The molecule has 4 heteroatoms. The molecule has 106 valence electrons. The summed E-state index contributed by atoms with van der Waals surface area (Å²) in [6.07, 6.45) is 1.14. The van der Waals surface area contributed by atoms with Crippen LogP contribution in [0.25, 0.3) is 0 Å². The number of hydrogen-bond acceptors (Lipinski definition) is 2. The van der Waals surface area contributed by atoms with Crippen molar-refractivity contribution in [1.82, 2.24) is 5.32 Å². The minimum atomic E-state index is -0.282. The molecule has 1 aromatic rings. The van der Waals surface area contributed by atoms with Crippen LogP contribution in [0, 0.1) is 11.7 Å². The zero-order chi connectivity index (χ0) is 14.0. The summed E-state index contributed by atoms with van der Waals surface area (Å²) in [4.78, 5) is 2.28. The summed E-state index contributed by atoms with van der Waals surface area (Å²) in [6.45, 7) is 8.48. The second-order valence-corrected chi connectivity index (χ2v) is 6.24. The summed E-state index contributed by atoms with van der Waals surface area (Å²) >= 11 is 6.18. The fourth-order valence-electron chi connectivity index (χ4n) is 2.71. The first kappa shape index (κ1) is 14.6. The van der Waals surface area contributed by atoms with Crippen molar-refractivity contribution >= 4 is 17.3 Å². The van der Waals surface area contributed by atoms with Gasteiger partial charge in [0.25, 0.3) is 0 Å². The lowest BCUT2D eigenvalue weighted by atomic mass is 9.99. The zero-order valence-electron chi connectivity index (χ0n) is 11.8. The van der Waals surface area contributed by atoms with Gasteiger partial charge >= 0.3 is 0 Å². The summed E-state index contributed by atoms with van der Waals surface area (Å²) in [5.41, 5.74) is 0.936. The van der Waals surface area contributed by atoms with Crippen LogP contribution in [0.5, 0.6) is 0 Å². The smallest absolute Gasteiger partial charge is 0.124 e. The van der Waals surface area contributed by atoms with Crippen molar-refractivity contribution in [1.29, 1.82) is 0 Å². The molecule has 0 amide bonds. The number of anilines is 1. The predicted molar refractivity (Wildman–Crippen MR) is 79.5 cm³/mol. The molecule has 1 heterocycles. The number of rotatable bonds is 3. The van der Waals surface area contributed by atoms with Crippen LogP contribution in [-0.4, -0.2) is 25.2 Å². The number of benzene rings is 1. The van der Waals surface area contributed by atoms with Gasteiger partial charge in [0.15, 0.2) is 0 Å². The number of nitrogens with one attached hydrogen (secondary N) is 1. The lowest BCUT2D eigenvalue weighted by molar-refractivity contribution is 0.356. The number of piperazine rings is 1. The molecule has 2 nitrogen and oxygen atoms in total. The van der Waals surface area contributed by atoms with Gasteiger partial charge in [0.2, 0.25) is 0 Å². The number of halogens is 2. The summed E-state index contributed by atoms with van der Waals surface area (Å²) < 4.78 is 13.1. The largest absolute Gasteiger partial charge is 0.365 e. The lowest BCUT2D eigenvalue weighted by Gasteiger charge is -2.41. The first-order chi connectivity index (χ1) is 8.97. The molecule has 0 radical (unpaired) electrons. The molecule has 1 aromatic carbocycles. The third-order valence-corrected chi connectivity index (χ3v) is 3.93. The number of hydrogen-bond donors (Lipinski definition) is 1. The van der Waals surface area contributed by atoms with Crippen LogP contribution in [0.4, 0.5) is 10.1 Å². The van der Waals surface area contributed by atoms with Crippen LogP contribution < -0.4 is 10.2 Å². The van der Waals surface area contributed by atoms with E-state index in [1.54, 1.807) is 6.07 Å². The second kappa shape index (κ2) is 6.10. The van der Waals surface area contributed by atoms with E-state index in [9.17, 15) is 4.39 Å². The van der Waals surface area contributed by atoms with Crippen LogP contribution in [0.3, 0.4) is 0 Å². The maximum Gasteiger partial charge on any atom is 0.124 e. The Morgan fingerprint density at radius 1 is 1.47 bits per heavy atom. The monoisotopic (exact) mass is 284 g/mol. The highest BCUT2D eigenvalue weighted by molar-refractivity contribution is 6.33. The Morgan fingerprint density at radius 3 is 2.84 bits per heavy atom. The molecule has 0 saturated carbocycles. The predicted octanol–water partition coefficient (Wildman–Crippen LogP) is 3.69. The van der Waals surface area contributed by atoms with Gasteiger partial charge in [-0.15, -0.1) is 0 Å². The second-order valence-electron chi connectivity index (χ2n) is 5.83. The average molecular weight is 285 g/mol. The Labute approximate surface area is 119 Å². The van der Waals surface area contributed by atoms with E-state index in [-0.39, 0.29) is 5.82 Å². The Balaban J connectivity index is 2.16. The van der Waals surface area contributed by atoms with E-state index in [0.29, 0.717) is 23.0 Å². The van der Waals surface area contributed by atoms with Gasteiger partial charge in [0.05, 0.1) is 10.7 Å². The molecule has 2 unspecified atom stereocenters. The first-order valence-corrected chi connectivity index (χ1v) is 7.30. The van der Waals surface area contributed by atoms with E-state index < -0.39 is 0 Å². The Kier molecular flexibility index (Phi) is 4.69. The molecule has 1 saturated heterocycles.